The molecule has 0 radical (unpaired) electrons. The van der Waals surface area contributed by atoms with E-state index in [0.717, 1.165) is 18.5 Å². The highest BCUT2D eigenvalue weighted by atomic mass is 16.5. The van der Waals surface area contributed by atoms with E-state index in [0.29, 0.717) is 31.5 Å². The lowest BCUT2D eigenvalue weighted by molar-refractivity contribution is -0.677. The number of hydrogen-bond donors (Lipinski definition) is 0. The van der Waals surface area contributed by atoms with Crippen LogP contribution in [-0.4, -0.2) is 59.4 Å². The van der Waals surface area contributed by atoms with Crippen molar-refractivity contribution in [2.75, 3.05) is 27.3 Å². The second-order valence-electron chi connectivity index (χ2n) is 6.18. The number of rotatable bonds is 6. The SMILES string of the molecule is CCCCN1C(=O)C2C(=Nc3n(CCOC)c(C)c[n+]32)N(C)C1=O. The van der Waals surface area contributed by atoms with Gasteiger partial charge in [0.05, 0.1) is 13.2 Å². The van der Waals surface area contributed by atoms with Crippen LogP contribution in [0.2, 0.25) is 0 Å². The topological polar surface area (TPSA) is 71.0 Å². The molecule has 2 aliphatic rings. The summed E-state index contributed by atoms with van der Waals surface area (Å²) in [6, 6.07) is -0.851. The average molecular weight is 334 g/mol. The van der Waals surface area contributed by atoms with E-state index in [2.05, 4.69) is 4.99 Å². The molecule has 0 saturated carbocycles. The Morgan fingerprint density at radius 2 is 2.08 bits per heavy atom. The Morgan fingerprint density at radius 3 is 2.75 bits per heavy atom. The fraction of sp³-hybridized carbons (Fsp3) is 0.625. The first-order valence-corrected chi connectivity index (χ1v) is 8.29. The fourth-order valence-corrected chi connectivity index (χ4v) is 3.21. The Hall–Kier alpha value is -2.22. The van der Waals surface area contributed by atoms with Crippen LogP contribution in [0.1, 0.15) is 31.5 Å². The Morgan fingerprint density at radius 1 is 1.33 bits per heavy atom. The predicted molar refractivity (Wildman–Crippen MR) is 87.2 cm³/mol. The van der Waals surface area contributed by atoms with E-state index in [1.807, 2.05) is 29.2 Å². The number of ether oxygens (including phenoxy) is 1. The van der Waals surface area contributed by atoms with E-state index in [9.17, 15) is 9.59 Å². The number of aromatic nitrogens is 2. The van der Waals surface area contributed by atoms with Gasteiger partial charge >= 0.3 is 12.0 Å². The van der Waals surface area contributed by atoms with E-state index >= 15 is 0 Å². The van der Waals surface area contributed by atoms with Crippen molar-refractivity contribution in [1.82, 2.24) is 14.4 Å². The van der Waals surface area contributed by atoms with Crippen LogP contribution >= 0.6 is 0 Å². The molecule has 1 aromatic heterocycles. The summed E-state index contributed by atoms with van der Waals surface area (Å²) in [4.78, 5) is 32.8. The summed E-state index contributed by atoms with van der Waals surface area (Å²) in [7, 11) is 3.33. The molecule has 0 spiro atoms. The third-order valence-electron chi connectivity index (χ3n) is 4.58. The summed E-state index contributed by atoms with van der Waals surface area (Å²) in [6.07, 6.45) is 3.65. The van der Waals surface area contributed by atoms with Gasteiger partial charge in [-0.1, -0.05) is 18.3 Å². The van der Waals surface area contributed by atoms with Crippen molar-refractivity contribution in [1.29, 1.82) is 0 Å². The lowest BCUT2D eigenvalue weighted by Gasteiger charge is -2.33. The van der Waals surface area contributed by atoms with Crippen molar-refractivity contribution >= 4 is 23.7 Å². The quantitative estimate of drug-likeness (QED) is 0.729. The molecule has 0 bridgehead atoms. The number of likely N-dealkylation sites (N-methyl/N-ethyl adjacent to an activating group) is 1. The maximum absolute atomic E-state index is 12.9. The number of unbranched alkanes of at least 4 members (excludes halogenated alkanes) is 1. The molecular formula is C16H24N5O3+. The van der Waals surface area contributed by atoms with Gasteiger partial charge in [0, 0.05) is 20.7 Å². The van der Waals surface area contributed by atoms with Crippen LogP contribution < -0.4 is 4.57 Å². The lowest BCUT2D eigenvalue weighted by Crippen LogP contribution is -2.62. The van der Waals surface area contributed by atoms with Gasteiger partial charge in [-0.05, 0) is 13.3 Å². The number of carbonyl (C=O) groups is 2. The molecule has 130 valence electrons. The van der Waals surface area contributed by atoms with Crippen LogP contribution in [0.5, 0.6) is 0 Å². The molecule has 1 saturated heterocycles. The first-order valence-electron chi connectivity index (χ1n) is 8.29. The van der Waals surface area contributed by atoms with Crippen molar-refractivity contribution in [2.45, 2.75) is 39.3 Å². The molecule has 8 nitrogen and oxygen atoms in total. The number of amides is 3. The largest absolute Gasteiger partial charge is 0.402 e. The molecule has 3 heterocycles. The van der Waals surface area contributed by atoms with Gasteiger partial charge in [0.25, 0.3) is 5.91 Å². The highest BCUT2D eigenvalue weighted by Gasteiger charge is 2.52. The van der Waals surface area contributed by atoms with Gasteiger partial charge in [-0.25, -0.2) is 13.9 Å². The van der Waals surface area contributed by atoms with Crippen LogP contribution in [0, 0.1) is 6.92 Å². The zero-order chi connectivity index (χ0) is 17.4. The number of aliphatic imine (C=N–C) groups is 1. The molecular weight excluding hydrogens is 310 g/mol. The van der Waals surface area contributed by atoms with Crippen LogP contribution in [0.3, 0.4) is 0 Å². The Labute approximate surface area is 141 Å². The molecule has 1 aromatic rings. The number of aryl methyl sites for hydroxylation is 1. The maximum atomic E-state index is 12.9. The van der Waals surface area contributed by atoms with Crippen molar-refractivity contribution in [3.8, 4) is 0 Å². The predicted octanol–water partition coefficient (Wildman–Crippen LogP) is 1.01. The van der Waals surface area contributed by atoms with Crippen LogP contribution in [0.15, 0.2) is 11.2 Å². The Balaban J connectivity index is 1.99. The Bertz CT molecular complexity index is 709. The molecule has 0 aromatic carbocycles. The van der Waals surface area contributed by atoms with Gasteiger partial charge in [0.15, 0.2) is 0 Å². The van der Waals surface area contributed by atoms with Gasteiger partial charge in [0.2, 0.25) is 11.9 Å². The number of methoxy groups -OCH3 is 1. The number of imide groups is 1. The monoisotopic (exact) mass is 334 g/mol. The maximum Gasteiger partial charge on any atom is 0.402 e. The number of imidazole rings is 1. The lowest BCUT2D eigenvalue weighted by atomic mass is 10.1. The van der Waals surface area contributed by atoms with Gasteiger partial charge < -0.3 is 4.74 Å². The molecule has 1 fully saturated rings. The molecule has 8 heteroatoms. The van der Waals surface area contributed by atoms with Crippen molar-refractivity contribution in [3.05, 3.63) is 11.9 Å². The minimum absolute atomic E-state index is 0.196. The summed E-state index contributed by atoms with van der Waals surface area (Å²) in [5.74, 6) is 0.992. The third kappa shape index (κ3) is 2.41. The first kappa shape index (κ1) is 16.6. The van der Waals surface area contributed by atoms with Crippen molar-refractivity contribution < 1.29 is 18.9 Å². The van der Waals surface area contributed by atoms with E-state index in [-0.39, 0.29) is 11.9 Å². The summed E-state index contributed by atoms with van der Waals surface area (Å²) in [5.41, 5.74) is 1.01. The first-order chi connectivity index (χ1) is 11.5. The summed E-state index contributed by atoms with van der Waals surface area (Å²) < 4.78 is 9.03. The van der Waals surface area contributed by atoms with Crippen molar-refractivity contribution in [2.24, 2.45) is 4.99 Å². The zero-order valence-electron chi connectivity index (χ0n) is 14.7. The number of carbonyl (C=O) groups excluding carboxylic acids is 2. The van der Waals surface area contributed by atoms with Gasteiger partial charge in [-0.3, -0.25) is 14.6 Å². The normalized spacial score (nSPS) is 19.7. The average Bonchev–Trinajstić information content (AvgIpc) is 3.06. The molecule has 3 rings (SSSR count). The summed E-state index contributed by atoms with van der Waals surface area (Å²) in [5, 5.41) is 0. The number of amidine groups is 1. The minimum Gasteiger partial charge on any atom is -0.381 e. The van der Waals surface area contributed by atoms with E-state index < -0.39 is 6.04 Å². The van der Waals surface area contributed by atoms with Crippen LogP contribution in [-0.2, 0) is 16.1 Å². The molecule has 2 aliphatic heterocycles. The van der Waals surface area contributed by atoms with E-state index in [1.54, 1.807) is 14.2 Å². The molecule has 1 unspecified atom stereocenters. The van der Waals surface area contributed by atoms with Crippen molar-refractivity contribution in [3.63, 3.8) is 0 Å². The highest BCUT2D eigenvalue weighted by molar-refractivity contribution is 6.19. The molecule has 3 amide bonds. The molecule has 24 heavy (non-hydrogen) atoms. The number of fused-ring (bicyclic) bond motifs is 3. The zero-order valence-corrected chi connectivity index (χ0v) is 14.7. The Kier molecular flexibility index (Phi) is 4.40. The van der Waals surface area contributed by atoms with Crippen LogP contribution in [0.4, 0.5) is 10.7 Å². The number of hydrogen-bond acceptors (Lipinski definition) is 4. The van der Waals surface area contributed by atoms with E-state index in [1.165, 1.54) is 9.80 Å². The van der Waals surface area contributed by atoms with Crippen LogP contribution in [0.25, 0.3) is 0 Å². The summed E-state index contributed by atoms with van der Waals surface area (Å²) in [6.45, 7) is 5.68. The minimum atomic E-state index is -0.554. The highest BCUT2D eigenvalue weighted by Crippen LogP contribution is 2.29. The summed E-state index contributed by atoms with van der Waals surface area (Å²) >= 11 is 0. The van der Waals surface area contributed by atoms with Gasteiger partial charge in [-0.2, -0.15) is 0 Å². The fourth-order valence-electron chi connectivity index (χ4n) is 3.21. The third-order valence-corrected chi connectivity index (χ3v) is 4.58. The smallest absolute Gasteiger partial charge is 0.381 e. The molecule has 0 N–H and O–H groups in total. The number of nitrogens with zero attached hydrogens (tertiary/aromatic N) is 5. The van der Waals surface area contributed by atoms with Gasteiger partial charge in [-0.15, -0.1) is 0 Å². The van der Waals surface area contributed by atoms with Gasteiger partial charge in [0.1, 0.15) is 11.9 Å². The molecule has 1 atom stereocenters. The molecule has 0 aliphatic carbocycles. The number of urea groups is 1. The van der Waals surface area contributed by atoms with E-state index in [4.69, 9.17) is 4.74 Å². The second kappa shape index (κ2) is 6.35. The second-order valence-corrected chi connectivity index (χ2v) is 6.18. The standard InChI is InChI=1S/C16H24N5O3/c1-5-6-7-20-14(22)12-13(18(3)16(20)23)17-15-19(8-9-24-4)11(2)10-21(12)15/h10,12H,5-9H2,1-4H3/q+1.